The molecule has 0 fully saturated rings. The fourth-order valence-corrected chi connectivity index (χ4v) is 1.72. The summed E-state index contributed by atoms with van der Waals surface area (Å²) in [7, 11) is 2.94. The summed E-state index contributed by atoms with van der Waals surface area (Å²) in [6.07, 6.45) is 0. The van der Waals surface area contributed by atoms with Gasteiger partial charge in [-0.05, 0) is 12.1 Å². The van der Waals surface area contributed by atoms with Crippen LogP contribution in [0, 0.1) is 0 Å². The van der Waals surface area contributed by atoms with Crippen LogP contribution in [0.2, 0.25) is 5.15 Å². The zero-order chi connectivity index (χ0) is 12.4. The molecule has 0 atom stereocenters. The number of pyridine rings is 1. The van der Waals surface area contributed by atoms with E-state index in [1.807, 2.05) is 24.3 Å². The van der Waals surface area contributed by atoms with Gasteiger partial charge in [0, 0.05) is 12.4 Å². The molecule has 0 unspecified atom stereocenters. The van der Waals surface area contributed by atoms with Gasteiger partial charge in [0.2, 0.25) is 0 Å². The maximum Gasteiger partial charge on any atom is 0.280 e. The quantitative estimate of drug-likeness (QED) is 0.608. The van der Waals surface area contributed by atoms with Gasteiger partial charge in [0.25, 0.3) is 5.91 Å². The Morgan fingerprint density at radius 1 is 1.41 bits per heavy atom. The summed E-state index contributed by atoms with van der Waals surface area (Å²) in [5.74, 6) is -0.323. The van der Waals surface area contributed by atoms with Crippen molar-refractivity contribution in [2.24, 2.45) is 0 Å². The van der Waals surface area contributed by atoms with Crippen LogP contribution in [0.15, 0.2) is 30.3 Å². The Morgan fingerprint density at radius 3 is 2.82 bits per heavy atom. The Morgan fingerprint density at radius 2 is 2.12 bits per heavy atom. The lowest BCUT2D eigenvalue weighted by atomic mass is 10.1. The van der Waals surface area contributed by atoms with Crippen LogP contribution in [-0.4, -0.2) is 30.1 Å². The third kappa shape index (κ3) is 2.23. The molecule has 0 aliphatic rings. The highest BCUT2D eigenvalue weighted by atomic mass is 35.5. The van der Waals surface area contributed by atoms with E-state index in [0.717, 1.165) is 16.0 Å². The molecular formula is C12H11ClN2O2. The summed E-state index contributed by atoms with van der Waals surface area (Å²) in [5, 5.41) is 2.15. The van der Waals surface area contributed by atoms with E-state index in [9.17, 15) is 4.79 Å². The van der Waals surface area contributed by atoms with Crippen molar-refractivity contribution in [3.8, 4) is 0 Å². The van der Waals surface area contributed by atoms with E-state index in [1.54, 1.807) is 6.07 Å². The molecule has 88 valence electrons. The minimum atomic E-state index is -0.323. The van der Waals surface area contributed by atoms with Crippen molar-refractivity contribution in [3.63, 3.8) is 0 Å². The molecular weight excluding hydrogens is 240 g/mol. The minimum Gasteiger partial charge on any atom is -0.274 e. The molecule has 0 saturated carbocycles. The maximum atomic E-state index is 11.9. The molecule has 0 radical (unpaired) electrons. The molecule has 2 rings (SSSR count). The van der Waals surface area contributed by atoms with E-state index in [4.69, 9.17) is 16.4 Å². The van der Waals surface area contributed by atoms with Gasteiger partial charge in [-0.2, -0.15) is 0 Å². The molecule has 0 saturated heterocycles. The van der Waals surface area contributed by atoms with Gasteiger partial charge < -0.3 is 0 Å². The van der Waals surface area contributed by atoms with Crippen LogP contribution in [0.5, 0.6) is 0 Å². The first-order chi connectivity index (χ1) is 8.13. The summed E-state index contributed by atoms with van der Waals surface area (Å²) in [4.78, 5) is 20.9. The molecule has 1 aromatic heterocycles. The van der Waals surface area contributed by atoms with Crippen molar-refractivity contribution < 1.29 is 9.63 Å². The average Bonchev–Trinajstić information content (AvgIpc) is 2.36. The standard InChI is InChI=1S/C12H11ClN2O2/c1-15(17-2)12(16)9-7-8-5-3-4-6-10(8)14-11(9)13/h3-7H,1-2H3. The van der Waals surface area contributed by atoms with Crippen molar-refractivity contribution in [3.05, 3.63) is 41.0 Å². The number of para-hydroxylation sites is 1. The van der Waals surface area contributed by atoms with Crippen molar-refractivity contribution >= 4 is 28.4 Å². The topological polar surface area (TPSA) is 42.4 Å². The number of fused-ring (bicyclic) bond motifs is 1. The number of rotatable bonds is 2. The smallest absolute Gasteiger partial charge is 0.274 e. The minimum absolute atomic E-state index is 0.178. The van der Waals surface area contributed by atoms with Crippen LogP contribution in [-0.2, 0) is 4.84 Å². The van der Waals surface area contributed by atoms with Gasteiger partial charge in [0.15, 0.2) is 0 Å². The first-order valence-electron chi connectivity index (χ1n) is 5.01. The van der Waals surface area contributed by atoms with E-state index < -0.39 is 0 Å². The Kier molecular flexibility index (Phi) is 3.26. The SMILES string of the molecule is CON(C)C(=O)c1cc2ccccc2nc1Cl. The number of aromatic nitrogens is 1. The van der Waals surface area contributed by atoms with E-state index in [1.165, 1.54) is 14.2 Å². The molecule has 1 amide bonds. The predicted octanol–water partition coefficient (Wildman–Crippen LogP) is 2.52. The third-order valence-corrected chi connectivity index (χ3v) is 2.76. The molecule has 0 aliphatic carbocycles. The summed E-state index contributed by atoms with van der Waals surface area (Å²) >= 11 is 5.98. The predicted molar refractivity (Wildman–Crippen MR) is 65.9 cm³/mol. The maximum absolute atomic E-state index is 11.9. The van der Waals surface area contributed by atoms with Gasteiger partial charge in [-0.3, -0.25) is 9.63 Å². The van der Waals surface area contributed by atoms with Crippen LogP contribution < -0.4 is 0 Å². The average molecular weight is 251 g/mol. The molecule has 17 heavy (non-hydrogen) atoms. The number of hydrogen-bond acceptors (Lipinski definition) is 3. The number of hydrogen-bond donors (Lipinski definition) is 0. The van der Waals surface area contributed by atoms with Crippen molar-refractivity contribution in [1.82, 2.24) is 10.0 Å². The molecule has 0 bridgehead atoms. The fraction of sp³-hybridized carbons (Fsp3) is 0.167. The molecule has 0 spiro atoms. The lowest BCUT2D eigenvalue weighted by molar-refractivity contribution is -0.0757. The summed E-state index contributed by atoms with van der Waals surface area (Å²) in [6, 6.07) is 9.18. The van der Waals surface area contributed by atoms with Crippen LogP contribution in [0.4, 0.5) is 0 Å². The molecule has 1 aromatic carbocycles. The molecule has 5 heteroatoms. The number of hydroxylamine groups is 2. The second-order valence-corrected chi connectivity index (χ2v) is 3.86. The third-order valence-electron chi connectivity index (χ3n) is 2.47. The van der Waals surface area contributed by atoms with E-state index in [2.05, 4.69) is 4.98 Å². The highest BCUT2D eigenvalue weighted by molar-refractivity contribution is 6.33. The van der Waals surface area contributed by atoms with E-state index in [-0.39, 0.29) is 11.1 Å². The van der Waals surface area contributed by atoms with E-state index >= 15 is 0 Å². The molecule has 4 nitrogen and oxygen atoms in total. The van der Waals surface area contributed by atoms with Gasteiger partial charge in [-0.1, -0.05) is 29.8 Å². The largest absolute Gasteiger partial charge is 0.280 e. The number of nitrogens with zero attached hydrogens (tertiary/aromatic N) is 2. The Hall–Kier alpha value is -1.65. The summed E-state index contributed by atoms with van der Waals surface area (Å²) < 4.78 is 0. The van der Waals surface area contributed by atoms with Crippen LogP contribution >= 0.6 is 11.6 Å². The van der Waals surface area contributed by atoms with Gasteiger partial charge in [-0.15, -0.1) is 0 Å². The van der Waals surface area contributed by atoms with Crippen LogP contribution in [0.25, 0.3) is 10.9 Å². The molecule has 1 heterocycles. The molecule has 0 N–H and O–H groups in total. The second kappa shape index (κ2) is 4.69. The summed E-state index contributed by atoms with van der Waals surface area (Å²) in [5.41, 5.74) is 1.09. The lowest BCUT2D eigenvalue weighted by Crippen LogP contribution is -2.25. The zero-order valence-electron chi connectivity index (χ0n) is 9.48. The number of benzene rings is 1. The second-order valence-electron chi connectivity index (χ2n) is 3.50. The number of halogens is 1. The van der Waals surface area contributed by atoms with Gasteiger partial charge in [0.1, 0.15) is 5.15 Å². The number of amides is 1. The molecule has 2 aromatic rings. The molecule has 0 aliphatic heterocycles. The Labute approximate surface area is 104 Å². The Balaban J connectivity index is 2.54. The first-order valence-corrected chi connectivity index (χ1v) is 5.38. The zero-order valence-corrected chi connectivity index (χ0v) is 10.2. The van der Waals surface area contributed by atoms with Crippen molar-refractivity contribution in [1.29, 1.82) is 0 Å². The Bertz CT molecular complexity index is 571. The van der Waals surface area contributed by atoms with Gasteiger partial charge >= 0.3 is 0 Å². The van der Waals surface area contributed by atoms with Gasteiger partial charge in [-0.25, -0.2) is 10.0 Å². The highest BCUT2D eigenvalue weighted by Gasteiger charge is 2.16. The lowest BCUT2D eigenvalue weighted by Gasteiger charge is -2.14. The van der Waals surface area contributed by atoms with Crippen molar-refractivity contribution in [2.45, 2.75) is 0 Å². The highest BCUT2D eigenvalue weighted by Crippen LogP contribution is 2.21. The summed E-state index contributed by atoms with van der Waals surface area (Å²) in [6.45, 7) is 0. The van der Waals surface area contributed by atoms with Crippen LogP contribution in [0.1, 0.15) is 10.4 Å². The first kappa shape index (κ1) is 11.8. The van der Waals surface area contributed by atoms with Crippen molar-refractivity contribution in [2.75, 3.05) is 14.2 Å². The normalized spacial score (nSPS) is 10.5. The number of carbonyl (C=O) groups excluding carboxylic acids is 1. The fourth-order valence-electron chi connectivity index (χ4n) is 1.49. The number of carbonyl (C=O) groups is 1. The van der Waals surface area contributed by atoms with E-state index in [0.29, 0.717) is 5.56 Å². The van der Waals surface area contributed by atoms with Crippen LogP contribution in [0.3, 0.4) is 0 Å². The monoisotopic (exact) mass is 250 g/mol. The van der Waals surface area contributed by atoms with Gasteiger partial charge in [0.05, 0.1) is 18.2 Å².